The highest BCUT2D eigenvalue weighted by atomic mass is 16.5. The molecule has 3 unspecified atom stereocenters. The fraction of sp³-hybridized carbons (Fsp3) is 0.611. The van der Waals surface area contributed by atoms with Crippen LogP contribution in [0.4, 0.5) is 22.7 Å². The summed E-state index contributed by atoms with van der Waals surface area (Å²) in [5.41, 5.74) is 12.9. The molecule has 0 saturated carbocycles. The molecule has 0 aliphatic carbocycles. The Hall–Kier alpha value is -5.24. The van der Waals surface area contributed by atoms with Gasteiger partial charge in [-0.15, -0.1) is 0 Å². The van der Waals surface area contributed by atoms with Gasteiger partial charge in [-0.1, -0.05) is 190 Å². The van der Waals surface area contributed by atoms with Crippen molar-refractivity contribution in [3.8, 4) is 11.5 Å². The molecule has 0 fully saturated rings. The van der Waals surface area contributed by atoms with Gasteiger partial charge in [0.1, 0.15) is 17.3 Å². The van der Waals surface area contributed by atoms with Crippen LogP contribution in [0.5, 0.6) is 11.5 Å². The van der Waals surface area contributed by atoms with Crippen molar-refractivity contribution in [3.63, 3.8) is 0 Å². The molecule has 80 heavy (non-hydrogen) atoms. The van der Waals surface area contributed by atoms with Crippen LogP contribution in [0.25, 0.3) is 0 Å². The summed E-state index contributed by atoms with van der Waals surface area (Å²) < 4.78 is 11.8. The Balaban J connectivity index is 0.000000229. The molecule has 3 N–H and O–H groups in total. The second kappa shape index (κ2) is 25.1. The molecular weight excluding hydrogens is 985 g/mol. The molecule has 4 aromatic rings. The highest BCUT2D eigenvalue weighted by Crippen LogP contribution is 2.41. The number of hydrogen-bond donors (Lipinski definition) is 3. The van der Waals surface area contributed by atoms with Gasteiger partial charge in [0.05, 0.1) is 23.7 Å². The highest BCUT2D eigenvalue weighted by Gasteiger charge is 2.34. The molecule has 0 spiro atoms. The van der Waals surface area contributed by atoms with Crippen molar-refractivity contribution in [1.29, 1.82) is 0 Å². The summed E-state index contributed by atoms with van der Waals surface area (Å²) >= 11 is 0. The molecule has 4 aliphatic rings. The maximum Gasteiger partial charge on any atom is 0.165 e. The quantitative estimate of drug-likeness (QED) is 0.160. The maximum absolute atomic E-state index is 12.3. The van der Waals surface area contributed by atoms with E-state index in [1.807, 2.05) is 6.07 Å². The van der Waals surface area contributed by atoms with Crippen molar-refractivity contribution in [2.75, 3.05) is 34.0 Å². The smallest absolute Gasteiger partial charge is 0.165 e. The summed E-state index contributed by atoms with van der Waals surface area (Å²) in [4.78, 5) is 26.7. The predicted octanol–water partition coefficient (Wildman–Crippen LogP) is 19.2. The number of rotatable bonds is 0. The molecule has 3 atom stereocenters. The van der Waals surface area contributed by atoms with Crippen molar-refractivity contribution >= 4 is 34.3 Å². The van der Waals surface area contributed by atoms with Gasteiger partial charge in [0.2, 0.25) is 0 Å². The Bertz CT molecular complexity index is 2760. The lowest BCUT2D eigenvalue weighted by atomic mass is 9.84. The topological polar surface area (TPSA) is 91.9 Å². The average molecular weight is 1100 g/mol. The van der Waals surface area contributed by atoms with Gasteiger partial charge in [0.15, 0.2) is 5.78 Å². The van der Waals surface area contributed by atoms with E-state index in [4.69, 9.17) is 9.47 Å². The van der Waals surface area contributed by atoms with Crippen LogP contribution in [0.15, 0.2) is 85.1 Å². The molecular formula is C72H112N4O4. The molecule has 0 bridgehead atoms. The van der Waals surface area contributed by atoms with Gasteiger partial charge in [-0.25, -0.2) is 0 Å². The maximum atomic E-state index is 12.3. The van der Waals surface area contributed by atoms with Crippen LogP contribution < -0.4 is 30.3 Å². The number of ether oxygens (including phenoxy) is 2. The van der Waals surface area contributed by atoms with Gasteiger partial charge >= 0.3 is 0 Å². The van der Waals surface area contributed by atoms with Crippen molar-refractivity contribution in [3.05, 3.63) is 119 Å². The predicted molar refractivity (Wildman–Crippen MR) is 346 cm³/mol. The molecule has 8 heteroatoms. The van der Waals surface area contributed by atoms with Gasteiger partial charge in [0, 0.05) is 79.3 Å². The summed E-state index contributed by atoms with van der Waals surface area (Å²) in [5, 5.41) is 11.0. The molecule has 0 saturated heterocycles. The second-order valence-electron chi connectivity index (χ2n) is 31.4. The molecule has 0 amide bonds. The minimum Gasteiger partial charge on any atom is -0.491 e. The van der Waals surface area contributed by atoms with Crippen LogP contribution in [0.3, 0.4) is 0 Å². The number of nitrogens with zero attached hydrogens (tertiary/aromatic N) is 1. The molecule has 4 heterocycles. The van der Waals surface area contributed by atoms with Gasteiger partial charge in [-0.05, 0) is 135 Å². The Morgan fingerprint density at radius 3 is 1.43 bits per heavy atom. The number of carbonyl (C=O) groups is 2. The first-order chi connectivity index (χ1) is 35.9. The number of nitrogens with one attached hydrogen (secondary N) is 3. The van der Waals surface area contributed by atoms with E-state index in [9.17, 15) is 9.59 Å². The van der Waals surface area contributed by atoms with E-state index in [1.165, 1.54) is 33.5 Å². The minimum absolute atomic E-state index is 0. The zero-order chi connectivity index (χ0) is 59.6. The number of hydrogen-bond acceptors (Lipinski definition) is 8. The first kappa shape index (κ1) is 67.3. The summed E-state index contributed by atoms with van der Waals surface area (Å²) in [6, 6.07) is 26.9. The van der Waals surface area contributed by atoms with Crippen LogP contribution in [0.2, 0.25) is 0 Å². The van der Waals surface area contributed by atoms with E-state index in [0.29, 0.717) is 43.2 Å². The number of fused-ring (bicyclic) bond motifs is 4. The van der Waals surface area contributed by atoms with Crippen molar-refractivity contribution in [2.24, 2.45) is 16.2 Å². The van der Waals surface area contributed by atoms with Crippen LogP contribution in [-0.2, 0) is 32.9 Å². The third kappa shape index (κ3) is 18.4. The number of ketones is 2. The highest BCUT2D eigenvalue weighted by molar-refractivity contribution is 6.02. The van der Waals surface area contributed by atoms with E-state index in [1.54, 1.807) is 0 Å². The Labute approximate surface area is 488 Å². The van der Waals surface area contributed by atoms with E-state index in [2.05, 4.69) is 260 Å². The molecule has 4 aromatic carbocycles. The van der Waals surface area contributed by atoms with E-state index in [-0.39, 0.29) is 56.7 Å². The number of carbonyl (C=O) groups excluding carboxylic acids is 2. The third-order valence-electron chi connectivity index (χ3n) is 16.1. The standard InChI is InChI=1S/3C18H27NO.C17H27NO.CH4/c1-12-10-16(18(5,6)7)19-14-11-13(17(2,3)4)8-9-15(14)20-12;1-17(2,3)14-8-7-13-11-15(20)9-10-19(16(13)12-14)18(4,5)6;1-17(2,3)12-7-8-13-14(11-12)19-16(18(4,5)6)10-9-15(13)20;1-16(2,3)12-7-8-14-13(11-12)18-15(9-10-19-14)17(4,5)6;/h8-9,11,16,19H,1,10H2,2-7H3;7-8,12H,9-11H2,1-6H3;7-8,11,16,19H,9-10H2,1-6H3;7-8,11,15,18H,9-10H2,1-6H3;1H4. The van der Waals surface area contributed by atoms with Crippen LogP contribution in [0, 0.1) is 16.2 Å². The monoisotopic (exact) mass is 1100 g/mol. The van der Waals surface area contributed by atoms with Crippen molar-refractivity contribution in [1.82, 2.24) is 0 Å². The fourth-order valence-corrected chi connectivity index (χ4v) is 10.3. The number of anilines is 4. The second-order valence-corrected chi connectivity index (χ2v) is 31.4. The zero-order valence-electron chi connectivity index (χ0n) is 54.1. The lowest BCUT2D eigenvalue weighted by Crippen LogP contribution is -2.42. The summed E-state index contributed by atoms with van der Waals surface area (Å²) in [6.45, 7) is 59.3. The van der Waals surface area contributed by atoms with Crippen molar-refractivity contribution in [2.45, 2.75) is 257 Å². The van der Waals surface area contributed by atoms with Crippen molar-refractivity contribution < 1.29 is 19.1 Å². The van der Waals surface area contributed by atoms with Gasteiger partial charge in [-0.2, -0.15) is 0 Å². The number of benzene rings is 4. The lowest BCUT2D eigenvalue weighted by Gasteiger charge is -2.38. The molecule has 0 aromatic heterocycles. The Morgan fingerprint density at radius 2 is 0.925 bits per heavy atom. The minimum atomic E-state index is 0. The van der Waals surface area contributed by atoms with Crippen LogP contribution in [-0.4, -0.2) is 48.4 Å². The molecule has 4 aliphatic heterocycles. The summed E-state index contributed by atoms with van der Waals surface area (Å²) in [6.07, 6.45) is 4.65. The zero-order valence-corrected chi connectivity index (χ0v) is 54.1. The fourth-order valence-electron chi connectivity index (χ4n) is 10.3. The first-order valence-corrected chi connectivity index (χ1v) is 29.6. The molecule has 0 radical (unpaired) electrons. The van der Waals surface area contributed by atoms with E-state index in [0.717, 1.165) is 72.3 Å². The summed E-state index contributed by atoms with van der Waals surface area (Å²) in [7, 11) is 0. The Morgan fingerprint density at radius 1 is 0.500 bits per heavy atom. The first-order valence-electron chi connectivity index (χ1n) is 29.6. The average Bonchev–Trinajstić information content (AvgIpc) is 3.77. The molecule has 8 nitrogen and oxygen atoms in total. The van der Waals surface area contributed by atoms with Crippen LogP contribution in [0.1, 0.15) is 244 Å². The van der Waals surface area contributed by atoms with E-state index < -0.39 is 0 Å². The largest absolute Gasteiger partial charge is 0.491 e. The third-order valence-corrected chi connectivity index (χ3v) is 16.1. The lowest BCUT2D eigenvalue weighted by molar-refractivity contribution is -0.118. The SMILES string of the molecule is C.C=C1CC(C(C)(C)C)Nc2cc(C(C)(C)C)ccc2O1.CC(C)(C)c1ccc2c(c1)N(C(C)(C)C)CCC(=O)C2.CC(C)(C)c1ccc2c(c1)NC(C(C)(C)C)CCC2=O.CC(C)(C)c1ccc2c(c1)NC(C(C)(C)C)CCO2. The molecule has 444 valence electrons. The van der Waals surface area contributed by atoms with Gasteiger partial charge < -0.3 is 30.3 Å². The normalized spacial score (nSPS) is 18.9. The van der Waals surface area contributed by atoms with Gasteiger partial charge in [-0.3, -0.25) is 9.59 Å². The van der Waals surface area contributed by atoms with Crippen LogP contribution >= 0.6 is 0 Å². The Kier molecular flexibility index (Phi) is 21.1. The number of Topliss-reactive ketones (excluding diaryl/α,β-unsaturated/α-hetero) is 2. The molecule has 8 rings (SSSR count). The summed E-state index contributed by atoms with van der Waals surface area (Å²) in [5.74, 6) is 3.32. The van der Waals surface area contributed by atoms with Gasteiger partial charge in [0.25, 0.3) is 0 Å². The van der Waals surface area contributed by atoms with E-state index >= 15 is 0 Å².